The fourth-order valence-electron chi connectivity index (χ4n) is 2.57. The first-order chi connectivity index (χ1) is 12.3. The fraction of sp³-hybridized carbons (Fsp3) is 0.412. The number of carbonyl (C=O) groups excluding carboxylic acids is 1. The molecule has 7 nitrogen and oxygen atoms in total. The summed E-state index contributed by atoms with van der Waals surface area (Å²) >= 11 is 3.34. The summed E-state index contributed by atoms with van der Waals surface area (Å²) in [4.78, 5) is 13.0. The molecule has 3 rings (SSSR count). The molecule has 0 spiro atoms. The largest absolute Gasteiger partial charge is 0.489 e. The van der Waals surface area contributed by atoms with Gasteiger partial charge in [-0.15, -0.1) is 0 Å². The third kappa shape index (κ3) is 3.84. The van der Waals surface area contributed by atoms with Crippen LogP contribution in [0.25, 0.3) is 0 Å². The quantitative estimate of drug-likeness (QED) is 0.456. The number of benzene rings is 1. The highest BCUT2D eigenvalue weighted by Crippen LogP contribution is 2.43. The zero-order valence-corrected chi connectivity index (χ0v) is 16.7. The van der Waals surface area contributed by atoms with E-state index in [4.69, 9.17) is 14.0 Å². The van der Waals surface area contributed by atoms with E-state index in [0.29, 0.717) is 11.3 Å². The lowest BCUT2D eigenvalue weighted by atomic mass is 10.0. The molecular weight excluding hydrogens is 426 g/mol. The van der Waals surface area contributed by atoms with E-state index in [2.05, 4.69) is 21.1 Å². The van der Waals surface area contributed by atoms with Crippen molar-refractivity contribution < 1.29 is 27.2 Å². The molecule has 140 valence electrons. The van der Waals surface area contributed by atoms with Gasteiger partial charge in [0.25, 0.3) is 0 Å². The summed E-state index contributed by atoms with van der Waals surface area (Å²) in [7, 11) is -2.02. The number of halogens is 1. The van der Waals surface area contributed by atoms with Gasteiger partial charge in [-0.25, -0.2) is 8.42 Å². The summed E-state index contributed by atoms with van der Waals surface area (Å²) in [5, 5.41) is 3.74. The van der Waals surface area contributed by atoms with Crippen LogP contribution >= 0.6 is 15.9 Å². The molecule has 0 aliphatic heterocycles. The molecule has 26 heavy (non-hydrogen) atoms. The Morgan fingerprint density at radius 3 is 2.65 bits per heavy atom. The van der Waals surface area contributed by atoms with Gasteiger partial charge in [0.05, 0.1) is 22.8 Å². The van der Waals surface area contributed by atoms with Crippen molar-refractivity contribution in [2.24, 2.45) is 0 Å². The Bertz CT molecular complexity index is 933. The molecule has 0 saturated heterocycles. The fourth-order valence-corrected chi connectivity index (χ4v) is 4.16. The van der Waals surface area contributed by atoms with E-state index in [1.54, 1.807) is 0 Å². The highest BCUT2D eigenvalue weighted by Gasteiger charge is 2.33. The van der Waals surface area contributed by atoms with Crippen molar-refractivity contribution in [1.29, 1.82) is 0 Å². The van der Waals surface area contributed by atoms with Crippen molar-refractivity contribution >= 4 is 31.6 Å². The van der Waals surface area contributed by atoms with Crippen LogP contribution in [0.5, 0.6) is 5.75 Å². The van der Waals surface area contributed by atoms with E-state index in [9.17, 15) is 13.2 Å². The number of ketones is 1. The molecule has 0 bridgehead atoms. The predicted octanol–water partition coefficient (Wildman–Crippen LogP) is 2.97. The van der Waals surface area contributed by atoms with Crippen LogP contribution in [0.2, 0.25) is 0 Å². The molecule has 9 heteroatoms. The van der Waals surface area contributed by atoms with Crippen molar-refractivity contribution in [2.75, 3.05) is 26.6 Å². The molecule has 1 heterocycles. The summed E-state index contributed by atoms with van der Waals surface area (Å²) in [5.74, 6) is 0.607. The van der Waals surface area contributed by atoms with Crippen molar-refractivity contribution in [2.45, 2.75) is 23.7 Å². The Kier molecular flexibility index (Phi) is 5.50. The van der Waals surface area contributed by atoms with E-state index in [-0.39, 0.29) is 45.6 Å². The minimum atomic E-state index is -3.54. The van der Waals surface area contributed by atoms with Crippen LogP contribution in [0.4, 0.5) is 0 Å². The summed E-state index contributed by atoms with van der Waals surface area (Å²) in [6.07, 6.45) is 4.42. The molecule has 2 aromatic rings. The second-order valence-corrected chi connectivity index (χ2v) is 8.85. The number of methoxy groups -OCH3 is 1. The van der Waals surface area contributed by atoms with E-state index < -0.39 is 9.84 Å². The van der Waals surface area contributed by atoms with Gasteiger partial charge in [-0.2, -0.15) is 0 Å². The third-order valence-corrected chi connectivity index (χ3v) is 5.94. The van der Waals surface area contributed by atoms with Gasteiger partial charge in [0.1, 0.15) is 11.5 Å². The maximum absolute atomic E-state index is 13.0. The molecule has 1 aliphatic carbocycles. The number of aromatic nitrogens is 1. The first-order valence-electron chi connectivity index (χ1n) is 7.98. The summed E-state index contributed by atoms with van der Waals surface area (Å²) < 4.78 is 40.2. The zero-order valence-electron chi connectivity index (χ0n) is 14.3. The lowest BCUT2D eigenvalue weighted by Gasteiger charge is -2.14. The van der Waals surface area contributed by atoms with E-state index in [0.717, 1.165) is 19.1 Å². The van der Waals surface area contributed by atoms with Crippen LogP contribution in [0.3, 0.4) is 0 Å². The second-order valence-electron chi connectivity index (χ2n) is 6.07. The van der Waals surface area contributed by atoms with Crippen LogP contribution in [0.1, 0.15) is 40.4 Å². The Morgan fingerprint density at radius 2 is 2.04 bits per heavy atom. The first-order valence-corrected chi connectivity index (χ1v) is 10.7. The number of ether oxygens (including phenoxy) is 2. The van der Waals surface area contributed by atoms with Gasteiger partial charge >= 0.3 is 0 Å². The van der Waals surface area contributed by atoms with Crippen molar-refractivity contribution in [3.05, 3.63) is 39.7 Å². The third-order valence-electron chi connectivity index (χ3n) is 4.03. The number of carbonyl (C=O) groups is 1. The second kappa shape index (κ2) is 7.50. The lowest BCUT2D eigenvalue weighted by molar-refractivity contribution is 0.103. The Hall–Kier alpha value is -1.71. The molecule has 1 aliphatic rings. The topological polar surface area (TPSA) is 95.7 Å². The highest BCUT2D eigenvalue weighted by molar-refractivity contribution is 9.10. The molecular formula is C17H18BrNO6S. The van der Waals surface area contributed by atoms with Crippen molar-refractivity contribution in [1.82, 2.24) is 5.16 Å². The number of hydrogen-bond acceptors (Lipinski definition) is 7. The molecule has 1 fully saturated rings. The molecule has 1 saturated carbocycles. The van der Waals surface area contributed by atoms with E-state index in [1.807, 2.05) is 0 Å². The van der Waals surface area contributed by atoms with E-state index in [1.165, 1.54) is 25.4 Å². The number of sulfone groups is 1. The molecule has 0 unspecified atom stereocenters. The Morgan fingerprint density at radius 1 is 1.31 bits per heavy atom. The van der Waals surface area contributed by atoms with Crippen LogP contribution in [-0.4, -0.2) is 45.9 Å². The Labute approximate surface area is 159 Å². The SMILES string of the molecule is COCCOc1c(S(C)(=O)=O)ccc(C(=O)c2cnoc2C2CC2)c1Br. The van der Waals surface area contributed by atoms with Gasteiger partial charge in [0.15, 0.2) is 27.1 Å². The maximum atomic E-state index is 13.0. The lowest BCUT2D eigenvalue weighted by Crippen LogP contribution is -2.11. The van der Waals surface area contributed by atoms with Crippen molar-refractivity contribution in [3.63, 3.8) is 0 Å². The maximum Gasteiger partial charge on any atom is 0.199 e. The average molecular weight is 444 g/mol. The zero-order chi connectivity index (χ0) is 18.9. The molecule has 0 amide bonds. The van der Waals surface area contributed by atoms with Crippen LogP contribution in [-0.2, 0) is 14.6 Å². The first kappa shape index (κ1) is 19.1. The summed E-state index contributed by atoms with van der Waals surface area (Å²) in [6.45, 7) is 0.432. The standard InChI is InChI=1S/C17H18BrNO6S/c1-23-7-8-24-17-13(26(2,21)22)6-5-11(14(17)18)15(20)12-9-19-25-16(12)10-3-4-10/h5-6,9-10H,3-4,7-8H2,1-2H3. The van der Waals surface area contributed by atoms with Gasteiger partial charge in [-0.1, -0.05) is 5.16 Å². The molecule has 0 N–H and O–H groups in total. The minimum Gasteiger partial charge on any atom is -0.489 e. The van der Waals surface area contributed by atoms with Gasteiger partial charge in [0.2, 0.25) is 0 Å². The Balaban J connectivity index is 2.03. The van der Waals surface area contributed by atoms with Crippen LogP contribution < -0.4 is 4.74 Å². The van der Waals surface area contributed by atoms with Gasteiger partial charge in [-0.05, 0) is 40.9 Å². The molecule has 0 atom stereocenters. The highest BCUT2D eigenvalue weighted by atomic mass is 79.9. The normalized spacial score (nSPS) is 14.4. The minimum absolute atomic E-state index is 0.00441. The number of hydrogen-bond donors (Lipinski definition) is 0. The van der Waals surface area contributed by atoms with Crippen LogP contribution in [0.15, 0.2) is 32.2 Å². The van der Waals surface area contributed by atoms with Crippen LogP contribution in [0, 0.1) is 0 Å². The van der Waals surface area contributed by atoms with E-state index >= 15 is 0 Å². The number of rotatable bonds is 8. The van der Waals surface area contributed by atoms with Gasteiger partial charge in [0, 0.05) is 24.8 Å². The summed E-state index contributed by atoms with van der Waals surface area (Å²) in [5.41, 5.74) is 0.679. The smallest absolute Gasteiger partial charge is 0.199 e. The molecule has 0 radical (unpaired) electrons. The summed E-state index contributed by atoms with van der Waals surface area (Å²) in [6, 6.07) is 2.84. The molecule has 1 aromatic carbocycles. The monoisotopic (exact) mass is 443 g/mol. The van der Waals surface area contributed by atoms with Crippen molar-refractivity contribution in [3.8, 4) is 5.75 Å². The predicted molar refractivity (Wildman–Crippen MR) is 96.5 cm³/mol. The van der Waals surface area contributed by atoms with Gasteiger partial charge in [-0.3, -0.25) is 4.79 Å². The molecule has 1 aromatic heterocycles. The average Bonchev–Trinajstić information content (AvgIpc) is 3.31. The number of nitrogens with zero attached hydrogens (tertiary/aromatic N) is 1. The van der Waals surface area contributed by atoms with Gasteiger partial charge < -0.3 is 14.0 Å².